The predicted molar refractivity (Wildman–Crippen MR) is 101 cm³/mol. The molecule has 0 aliphatic carbocycles. The molecule has 1 fully saturated rings. The Hall–Kier alpha value is -0.830. The third-order valence-corrected chi connectivity index (χ3v) is 3.66. The minimum absolute atomic E-state index is 0.592. The number of rotatable bonds is 3. The van der Waals surface area contributed by atoms with Crippen LogP contribution in [0.3, 0.4) is 0 Å². The van der Waals surface area contributed by atoms with Gasteiger partial charge >= 0.3 is 0 Å². The summed E-state index contributed by atoms with van der Waals surface area (Å²) in [6.45, 7) is 22.3. The lowest BCUT2D eigenvalue weighted by molar-refractivity contribution is 0.169. The summed E-state index contributed by atoms with van der Waals surface area (Å²) in [5, 5.41) is 4.52. The van der Waals surface area contributed by atoms with E-state index in [1.807, 2.05) is 47.7 Å². The molecule has 1 aromatic rings. The summed E-state index contributed by atoms with van der Waals surface area (Å²) in [6, 6.07) is 0.592. The van der Waals surface area contributed by atoms with Gasteiger partial charge in [0.15, 0.2) is 0 Å². The summed E-state index contributed by atoms with van der Waals surface area (Å²) in [4.78, 5) is 2.57. The van der Waals surface area contributed by atoms with Gasteiger partial charge in [0.1, 0.15) is 0 Å². The summed E-state index contributed by atoms with van der Waals surface area (Å²) in [5.41, 5.74) is 2.65. The van der Waals surface area contributed by atoms with Gasteiger partial charge in [0, 0.05) is 12.2 Å². The Morgan fingerprint density at radius 3 is 2.14 bits per heavy atom. The first-order valence-electron chi connectivity index (χ1n) is 9.45. The summed E-state index contributed by atoms with van der Waals surface area (Å²) in [7, 11) is 0. The second kappa shape index (κ2) is 15.1. The van der Waals surface area contributed by atoms with Gasteiger partial charge in [-0.05, 0) is 51.8 Å². The molecule has 0 bridgehead atoms. The van der Waals surface area contributed by atoms with Crippen molar-refractivity contribution in [1.82, 2.24) is 14.7 Å². The number of aromatic nitrogens is 2. The maximum Gasteiger partial charge on any atom is 0.0649 e. The highest BCUT2D eigenvalue weighted by molar-refractivity contribution is 5.14. The van der Waals surface area contributed by atoms with Crippen molar-refractivity contribution < 1.29 is 0 Å². The Morgan fingerprint density at radius 1 is 1.09 bits per heavy atom. The predicted octanol–water partition coefficient (Wildman–Crippen LogP) is 5.63. The number of hydrogen-bond donors (Lipinski definition) is 0. The minimum Gasteiger partial charge on any atom is -0.301 e. The van der Waals surface area contributed by atoms with Crippen LogP contribution in [0.5, 0.6) is 0 Å². The van der Waals surface area contributed by atoms with Crippen LogP contribution in [-0.4, -0.2) is 34.3 Å². The van der Waals surface area contributed by atoms with E-state index in [-0.39, 0.29) is 0 Å². The van der Waals surface area contributed by atoms with E-state index in [2.05, 4.69) is 35.5 Å². The highest BCUT2D eigenvalue weighted by Gasteiger charge is 2.22. The zero-order valence-electron chi connectivity index (χ0n) is 16.7. The van der Waals surface area contributed by atoms with E-state index < -0.39 is 0 Å². The lowest BCUT2D eigenvalue weighted by Crippen LogP contribution is -2.37. The minimum atomic E-state index is 0.592. The largest absolute Gasteiger partial charge is 0.301 e. The van der Waals surface area contributed by atoms with Gasteiger partial charge in [-0.3, -0.25) is 4.68 Å². The monoisotopic (exact) mass is 311 g/mol. The first-order chi connectivity index (χ1) is 10.7. The van der Waals surface area contributed by atoms with Crippen molar-refractivity contribution in [3.8, 4) is 0 Å². The lowest BCUT2D eigenvalue weighted by Gasteiger charge is -2.33. The number of likely N-dealkylation sites (tertiary alicyclic amines) is 1. The van der Waals surface area contributed by atoms with Crippen LogP contribution in [0.15, 0.2) is 6.20 Å². The fourth-order valence-corrected chi connectivity index (χ4v) is 2.63. The van der Waals surface area contributed by atoms with Gasteiger partial charge in [0.2, 0.25) is 0 Å². The molecule has 0 saturated carbocycles. The standard InChI is InChI=1S/C13H23N3.3C2H6/c1-4-7-15-8-5-6-13(10-15)16-12(3)11(2)9-14-16;3*1-2/h9,13H,4-8,10H2,1-3H3;3*1-2H3. The highest BCUT2D eigenvalue weighted by Crippen LogP contribution is 2.23. The molecule has 1 aromatic heterocycles. The Kier molecular flexibility index (Phi) is 16.1. The van der Waals surface area contributed by atoms with E-state index in [1.165, 1.54) is 50.2 Å². The third kappa shape index (κ3) is 7.44. The zero-order chi connectivity index (χ0) is 17.5. The van der Waals surface area contributed by atoms with Crippen molar-refractivity contribution in [3.63, 3.8) is 0 Å². The average Bonchev–Trinajstić information content (AvgIpc) is 2.93. The van der Waals surface area contributed by atoms with E-state index in [0.29, 0.717) is 6.04 Å². The van der Waals surface area contributed by atoms with Crippen LogP contribution in [0.25, 0.3) is 0 Å². The van der Waals surface area contributed by atoms with Gasteiger partial charge in [0.25, 0.3) is 0 Å². The van der Waals surface area contributed by atoms with Crippen molar-refractivity contribution in [2.75, 3.05) is 19.6 Å². The summed E-state index contributed by atoms with van der Waals surface area (Å²) >= 11 is 0. The van der Waals surface area contributed by atoms with E-state index in [9.17, 15) is 0 Å². The molecule has 1 unspecified atom stereocenters. The number of nitrogens with zero attached hydrogens (tertiary/aromatic N) is 3. The molecule has 0 aromatic carbocycles. The molecule has 2 heterocycles. The fourth-order valence-electron chi connectivity index (χ4n) is 2.63. The van der Waals surface area contributed by atoms with Crippen molar-refractivity contribution in [1.29, 1.82) is 0 Å². The van der Waals surface area contributed by atoms with Crippen LogP contribution in [0, 0.1) is 13.8 Å². The lowest BCUT2D eigenvalue weighted by atomic mass is 10.1. The molecule has 3 nitrogen and oxygen atoms in total. The molecule has 0 radical (unpaired) electrons. The number of hydrogen-bond acceptors (Lipinski definition) is 2. The molecule has 3 heteroatoms. The van der Waals surface area contributed by atoms with Gasteiger partial charge in [-0.15, -0.1) is 0 Å². The molecule has 0 N–H and O–H groups in total. The second-order valence-electron chi connectivity index (χ2n) is 4.95. The smallest absolute Gasteiger partial charge is 0.0649 e. The summed E-state index contributed by atoms with van der Waals surface area (Å²) in [6.07, 6.45) is 5.84. The molecule has 1 saturated heterocycles. The maximum atomic E-state index is 4.52. The Morgan fingerprint density at radius 2 is 1.68 bits per heavy atom. The molecular weight excluding hydrogens is 270 g/mol. The first kappa shape index (κ1) is 23.4. The Balaban J connectivity index is 0. The van der Waals surface area contributed by atoms with Crippen molar-refractivity contribution >= 4 is 0 Å². The van der Waals surface area contributed by atoms with E-state index in [1.54, 1.807) is 0 Å². The van der Waals surface area contributed by atoms with E-state index >= 15 is 0 Å². The molecule has 132 valence electrons. The van der Waals surface area contributed by atoms with E-state index in [0.717, 1.165) is 0 Å². The van der Waals surface area contributed by atoms with Gasteiger partial charge in [-0.2, -0.15) is 5.10 Å². The van der Waals surface area contributed by atoms with E-state index in [4.69, 9.17) is 0 Å². The van der Waals surface area contributed by atoms with Crippen molar-refractivity contribution in [2.24, 2.45) is 0 Å². The quantitative estimate of drug-likeness (QED) is 0.721. The molecule has 1 atom stereocenters. The van der Waals surface area contributed by atoms with Crippen LogP contribution in [-0.2, 0) is 0 Å². The number of piperidine rings is 1. The topological polar surface area (TPSA) is 21.1 Å². The fraction of sp³-hybridized carbons (Fsp3) is 0.842. The second-order valence-corrected chi connectivity index (χ2v) is 4.95. The van der Waals surface area contributed by atoms with Crippen LogP contribution in [0.1, 0.15) is 85.0 Å². The molecule has 0 spiro atoms. The van der Waals surface area contributed by atoms with Crippen LogP contribution >= 0.6 is 0 Å². The highest BCUT2D eigenvalue weighted by atomic mass is 15.3. The van der Waals surface area contributed by atoms with Gasteiger partial charge in [0.05, 0.1) is 12.2 Å². The average molecular weight is 312 g/mol. The first-order valence-corrected chi connectivity index (χ1v) is 9.45. The molecule has 1 aliphatic rings. The maximum absolute atomic E-state index is 4.52. The Bertz CT molecular complexity index is 342. The zero-order valence-corrected chi connectivity index (χ0v) is 16.7. The molecule has 22 heavy (non-hydrogen) atoms. The van der Waals surface area contributed by atoms with Crippen molar-refractivity contribution in [3.05, 3.63) is 17.5 Å². The van der Waals surface area contributed by atoms with Crippen LogP contribution in [0.2, 0.25) is 0 Å². The van der Waals surface area contributed by atoms with Gasteiger partial charge in [-0.25, -0.2) is 0 Å². The van der Waals surface area contributed by atoms with Crippen molar-refractivity contribution in [2.45, 2.75) is 87.6 Å². The summed E-state index contributed by atoms with van der Waals surface area (Å²) in [5.74, 6) is 0. The number of aryl methyl sites for hydroxylation is 1. The SMILES string of the molecule is CC.CC.CC.CCCN1CCCC(n2ncc(C)c2C)C1. The van der Waals surface area contributed by atoms with Gasteiger partial charge < -0.3 is 4.90 Å². The van der Waals surface area contributed by atoms with Gasteiger partial charge in [-0.1, -0.05) is 48.5 Å². The molecule has 1 aliphatic heterocycles. The molecule has 0 amide bonds. The van der Waals surface area contributed by atoms with Crippen LogP contribution in [0.4, 0.5) is 0 Å². The Labute approximate surface area is 140 Å². The third-order valence-electron chi connectivity index (χ3n) is 3.66. The molecular formula is C19H41N3. The summed E-state index contributed by atoms with van der Waals surface area (Å²) < 4.78 is 2.23. The molecule has 2 rings (SSSR count). The normalized spacial score (nSPS) is 17.2. The van der Waals surface area contributed by atoms with Crippen LogP contribution < -0.4 is 0 Å².